The van der Waals surface area contributed by atoms with Crippen molar-refractivity contribution in [1.29, 1.82) is 0 Å². The predicted molar refractivity (Wildman–Crippen MR) is 70.7 cm³/mol. The highest BCUT2D eigenvalue weighted by Crippen LogP contribution is 2.17. The van der Waals surface area contributed by atoms with E-state index in [4.69, 9.17) is 15.3 Å². The minimum Gasteiger partial charge on any atom is -0.477 e. The van der Waals surface area contributed by atoms with E-state index in [2.05, 4.69) is 10.3 Å². The average molecular weight is 278 g/mol. The Morgan fingerprint density at radius 2 is 1.90 bits per heavy atom. The fourth-order valence-corrected chi connectivity index (χ4v) is 1.80. The number of benzene rings is 1. The van der Waals surface area contributed by atoms with Crippen LogP contribution in [0.2, 0.25) is 0 Å². The minimum absolute atomic E-state index is 0.0427. The Labute approximate surface area is 113 Å². The van der Waals surface area contributed by atoms with Crippen LogP contribution in [0, 0.1) is 0 Å². The topological polar surface area (TPSA) is 123 Å². The first-order valence-corrected chi connectivity index (χ1v) is 5.93. The van der Waals surface area contributed by atoms with Gasteiger partial charge in [0, 0.05) is 16.5 Å². The van der Waals surface area contributed by atoms with Crippen LogP contribution in [0.25, 0.3) is 10.9 Å². The maximum absolute atomic E-state index is 11.9. The Morgan fingerprint density at radius 1 is 1.20 bits per heavy atom. The van der Waals surface area contributed by atoms with E-state index in [1.54, 1.807) is 12.1 Å². The lowest BCUT2D eigenvalue weighted by Crippen LogP contribution is -2.40. The fraction of sp³-hybridized carbons (Fsp3) is 0.231. The SMILES string of the molecule is O=C(NC(CO)CO)c1ccc2cc(C(=O)O)[nH]c2c1. The van der Waals surface area contributed by atoms with Crippen molar-refractivity contribution >= 4 is 22.8 Å². The van der Waals surface area contributed by atoms with Gasteiger partial charge in [-0.05, 0) is 18.2 Å². The van der Waals surface area contributed by atoms with Gasteiger partial charge in [0.05, 0.1) is 19.3 Å². The molecule has 1 aromatic carbocycles. The first kappa shape index (κ1) is 14.0. The van der Waals surface area contributed by atoms with Crippen molar-refractivity contribution in [2.24, 2.45) is 0 Å². The van der Waals surface area contributed by atoms with E-state index in [1.165, 1.54) is 12.1 Å². The lowest BCUT2D eigenvalue weighted by atomic mass is 10.1. The number of carbonyl (C=O) groups is 2. The molecule has 5 N–H and O–H groups in total. The molecule has 20 heavy (non-hydrogen) atoms. The number of nitrogens with one attached hydrogen (secondary N) is 2. The van der Waals surface area contributed by atoms with Crippen molar-refractivity contribution in [3.63, 3.8) is 0 Å². The molecule has 0 fully saturated rings. The summed E-state index contributed by atoms with van der Waals surface area (Å²) in [6.07, 6.45) is 0. The second kappa shape index (κ2) is 5.72. The summed E-state index contributed by atoms with van der Waals surface area (Å²) in [6, 6.07) is 5.44. The largest absolute Gasteiger partial charge is 0.477 e. The lowest BCUT2D eigenvalue weighted by molar-refractivity contribution is 0.0691. The number of carboxylic acid groups (broad SMARTS) is 1. The zero-order chi connectivity index (χ0) is 14.7. The van der Waals surface area contributed by atoms with Crippen LogP contribution in [0.5, 0.6) is 0 Å². The highest BCUT2D eigenvalue weighted by Gasteiger charge is 2.14. The Kier molecular flexibility index (Phi) is 4.02. The Morgan fingerprint density at radius 3 is 2.50 bits per heavy atom. The third-order valence-corrected chi connectivity index (χ3v) is 2.89. The van der Waals surface area contributed by atoms with Crippen molar-refractivity contribution in [3.8, 4) is 0 Å². The summed E-state index contributed by atoms with van der Waals surface area (Å²) in [7, 11) is 0. The van der Waals surface area contributed by atoms with Crippen LogP contribution in [0.1, 0.15) is 20.8 Å². The van der Waals surface area contributed by atoms with E-state index < -0.39 is 17.9 Å². The summed E-state index contributed by atoms with van der Waals surface area (Å²) >= 11 is 0. The monoisotopic (exact) mass is 278 g/mol. The molecule has 7 nitrogen and oxygen atoms in total. The van der Waals surface area contributed by atoms with Gasteiger partial charge in [-0.25, -0.2) is 4.79 Å². The minimum atomic E-state index is -1.08. The number of aromatic carboxylic acids is 1. The van der Waals surface area contributed by atoms with Gasteiger partial charge in [-0.3, -0.25) is 4.79 Å². The van der Waals surface area contributed by atoms with E-state index >= 15 is 0 Å². The molecule has 0 spiro atoms. The number of carboxylic acids is 1. The molecule has 1 amide bonds. The number of H-pyrrole nitrogens is 1. The highest BCUT2D eigenvalue weighted by molar-refractivity contribution is 6.00. The lowest BCUT2D eigenvalue weighted by Gasteiger charge is -2.13. The molecule has 0 saturated carbocycles. The molecule has 0 aliphatic rings. The summed E-state index contributed by atoms with van der Waals surface area (Å²) in [5.74, 6) is -1.53. The summed E-state index contributed by atoms with van der Waals surface area (Å²) in [6.45, 7) is -0.730. The maximum Gasteiger partial charge on any atom is 0.352 e. The molecule has 106 valence electrons. The van der Waals surface area contributed by atoms with Crippen LogP contribution >= 0.6 is 0 Å². The van der Waals surface area contributed by atoms with Gasteiger partial charge in [-0.2, -0.15) is 0 Å². The number of rotatable bonds is 5. The maximum atomic E-state index is 11.9. The molecule has 1 aromatic heterocycles. The number of aromatic amines is 1. The van der Waals surface area contributed by atoms with Crippen LogP contribution in [-0.4, -0.2) is 51.4 Å². The second-order valence-corrected chi connectivity index (χ2v) is 4.33. The Hall–Kier alpha value is -2.38. The Balaban J connectivity index is 2.26. The number of amides is 1. The molecule has 0 radical (unpaired) electrons. The molecular formula is C13H14N2O5. The molecule has 0 bridgehead atoms. The normalized spacial score (nSPS) is 10.9. The molecule has 0 aliphatic carbocycles. The summed E-state index contributed by atoms with van der Waals surface area (Å²) < 4.78 is 0. The van der Waals surface area contributed by atoms with Crippen molar-refractivity contribution in [2.75, 3.05) is 13.2 Å². The number of aliphatic hydroxyl groups excluding tert-OH is 2. The van der Waals surface area contributed by atoms with E-state index in [0.29, 0.717) is 16.5 Å². The number of hydrogen-bond acceptors (Lipinski definition) is 4. The van der Waals surface area contributed by atoms with E-state index in [1.807, 2.05) is 0 Å². The van der Waals surface area contributed by atoms with Gasteiger partial charge < -0.3 is 25.6 Å². The molecule has 0 unspecified atom stereocenters. The van der Waals surface area contributed by atoms with Crippen molar-refractivity contribution in [1.82, 2.24) is 10.3 Å². The fourth-order valence-electron chi connectivity index (χ4n) is 1.80. The van der Waals surface area contributed by atoms with Gasteiger partial charge in [0.2, 0.25) is 0 Å². The molecule has 2 rings (SSSR count). The molecule has 2 aromatic rings. The smallest absolute Gasteiger partial charge is 0.352 e. The number of hydrogen-bond donors (Lipinski definition) is 5. The summed E-state index contributed by atoms with van der Waals surface area (Å²) in [5.41, 5.74) is 0.879. The number of aromatic nitrogens is 1. The van der Waals surface area contributed by atoms with Crippen molar-refractivity contribution < 1.29 is 24.9 Å². The molecular weight excluding hydrogens is 264 g/mol. The zero-order valence-corrected chi connectivity index (χ0v) is 10.5. The van der Waals surface area contributed by atoms with Crippen molar-refractivity contribution in [2.45, 2.75) is 6.04 Å². The molecule has 7 heteroatoms. The van der Waals surface area contributed by atoms with Gasteiger partial charge in [-0.1, -0.05) is 6.07 Å². The highest BCUT2D eigenvalue weighted by atomic mass is 16.4. The quantitative estimate of drug-likeness (QED) is 0.524. The third kappa shape index (κ3) is 2.79. The van der Waals surface area contributed by atoms with E-state index in [0.717, 1.165) is 0 Å². The van der Waals surface area contributed by atoms with Gasteiger partial charge in [0.25, 0.3) is 5.91 Å². The van der Waals surface area contributed by atoms with Gasteiger partial charge in [-0.15, -0.1) is 0 Å². The van der Waals surface area contributed by atoms with Gasteiger partial charge in [0.1, 0.15) is 5.69 Å². The van der Waals surface area contributed by atoms with E-state index in [9.17, 15) is 9.59 Å². The molecule has 0 aliphatic heterocycles. The van der Waals surface area contributed by atoms with Crippen LogP contribution in [0.3, 0.4) is 0 Å². The Bertz CT molecular complexity index is 645. The first-order chi connectivity index (χ1) is 9.55. The summed E-state index contributed by atoms with van der Waals surface area (Å²) in [4.78, 5) is 25.4. The van der Waals surface area contributed by atoms with Crippen molar-refractivity contribution in [3.05, 3.63) is 35.5 Å². The zero-order valence-electron chi connectivity index (χ0n) is 10.5. The van der Waals surface area contributed by atoms with Crippen LogP contribution in [0.4, 0.5) is 0 Å². The standard InChI is InChI=1S/C13H14N2O5/c16-5-9(6-17)14-12(18)8-2-1-7-3-11(13(19)20)15-10(7)4-8/h1-4,9,15-17H,5-6H2,(H,14,18)(H,19,20). The number of aliphatic hydroxyl groups is 2. The van der Waals surface area contributed by atoms with E-state index in [-0.39, 0.29) is 18.9 Å². The summed E-state index contributed by atoms with van der Waals surface area (Å²) in [5, 5.41) is 29.8. The molecule has 0 atom stereocenters. The van der Waals surface area contributed by atoms with Gasteiger partial charge >= 0.3 is 5.97 Å². The number of carbonyl (C=O) groups excluding carboxylic acids is 1. The number of fused-ring (bicyclic) bond motifs is 1. The average Bonchev–Trinajstić information content (AvgIpc) is 2.87. The van der Waals surface area contributed by atoms with Gasteiger partial charge in [0.15, 0.2) is 0 Å². The molecule has 1 heterocycles. The third-order valence-electron chi connectivity index (χ3n) is 2.89. The molecule has 0 saturated heterocycles. The first-order valence-electron chi connectivity index (χ1n) is 5.93. The van der Waals surface area contributed by atoms with Crippen LogP contribution in [-0.2, 0) is 0 Å². The second-order valence-electron chi connectivity index (χ2n) is 4.33. The predicted octanol–water partition coefficient (Wildman–Crippen LogP) is -0.0509. The van der Waals surface area contributed by atoms with Crippen LogP contribution in [0.15, 0.2) is 24.3 Å². The van der Waals surface area contributed by atoms with Crippen LogP contribution < -0.4 is 5.32 Å².